The van der Waals surface area contributed by atoms with Crippen molar-refractivity contribution in [1.29, 1.82) is 0 Å². The molecule has 138 valence electrons. The van der Waals surface area contributed by atoms with Crippen LogP contribution in [-0.2, 0) is 0 Å². The van der Waals surface area contributed by atoms with Gasteiger partial charge in [0.15, 0.2) is 0 Å². The van der Waals surface area contributed by atoms with Crippen LogP contribution in [0.1, 0.15) is 27.3 Å². The van der Waals surface area contributed by atoms with Crippen LogP contribution in [0.5, 0.6) is 5.75 Å². The van der Waals surface area contributed by atoms with Crippen LogP contribution < -0.4 is 10.2 Å². The number of methoxy groups -OCH3 is 1. The molecule has 3 aromatic rings. The first-order valence-corrected chi connectivity index (χ1v) is 9.50. The average Bonchev–Trinajstić information content (AvgIpc) is 2.96. The van der Waals surface area contributed by atoms with Crippen molar-refractivity contribution >= 4 is 34.7 Å². The number of rotatable bonds is 5. The van der Waals surface area contributed by atoms with E-state index in [-0.39, 0.29) is 5.91 Å². The normalized spacial score (nSPS) is 11.0. The maximum atomic E-state index is 12.2. The molecule has 0 saturated heterocycles. The molecule has 0 aliphatic rings. The van der Waals surface area contributed by atoms with Crippen molar-refractivity contribution in [2.75, 3.05) is 7.11 Å². The molecule has 0 aliphatic carbocycles. The van der Waals surface area contributed by atoms with Crippen LogP contribution in [0.3, 0.4) is 0 Å². The van der Waals surface area contributed by atoms with Gasteiger partial charge in [-0.2, -0.15) is 5.10 Å². The molecule has 0 aliphatic heterocycles. The van der Waals surface area contributed by atoms with E-state index in [1.54, 1.807) is 37.6 Å². The van der Waals surface area contributed by atoms with Crippen LogP contribution in [0, 0.1) is 17.4 Å². The molecule has 2 aromatic carbocycles. The van der Waals surface area contributed by atoms with Gasteiger partial charge in [-0.25, -0.2) is 5.43 Å². The predicted octanol–water partition coefficient (Wildman–Crippen LogP) is 4.47. The third-order valence-corrected chi connectivity index (χ3v) is 5.20. The minimum Gasteiger partial charge on any atom is -0.497 e. The zero-order chi connectivity index (χ0) is 19.4. The molecule has 3 rings (SSSR count). The van der Waals surface area contributed by atoms with Crippen molar-refractivity contribution in [1.82, 2.24) is 9.99 Å². The number of ether oxygens (including phenoxy) is 1. The first kappa shape index (κ1) is 19.2. The first-order valence-electron chi connectivity index (χ1n) is 8.42. The van der Waals surface area contributed by atoms with Gasteiger partial charge in [0.1, 0.15) is 5.75 Å². The standard InChI is InChI=1S/C21H20IN3O2/c1-14-12-17(15(2)25(14)20-7-5-4-6-19(20)22)13-23-24-21(26)16-8-10-18(27-3)11-9-16/h4-13H,1-3H3,(H,24,26)/b23-13-. The molecule has 6 heteroatoms. The largest absolute Gasteiger partial charge is 0.497 e. The van der Waals surface area contributed by atoms with Crippen LogP contribution in [0.25, 0.3) is 5.69 Å². The van der Waals surface area contributed by atoms with E-state index in [0.717, 1.165) is 22.6 Å². The Morgan fingerprint density at radius 2 is 1.85 bits per heavy atom. The molecule has 0 fully saturated rings. The summed E-state index contributed by atoms with van der Waals surface area (Å²) < 4.78 is 8.46. The summed E-state index contributed by atoms with van der Waals surface area (Å²) in [5, 5.41) is 4.12. The number of aromatic nitrogens is 1. The SMILES string of the molecule is COc1ccc(C(=O)N/N=C\c2cc(C)n(-c3ccccc3I)c2C)cc1. The number of hydrogen-bond donors (Lipinski definition) is 1. The lowest BCUT2D eigenvalue weighted by molar-refractivity contribution is 0.0955. The number of aryl methyl sites for hydroxylation is 1. The van der Waals surface area contributed by atoms with Crippen LogP contribution in [0.4, 0.5) is 0 Å². The number of nitrogens with zero attached hydrogens (tertiary/aromatic N) is 2. The molecule has 1 heterocycles. The summed E-state index contributed by atoms with van der Waals surface area (Å²) in [5.74, 6) is 0.443. The molecule has 0 bridgehead atoms. The molecule has 0 unspecified atom stereocenters. The quantitative estimate of drug-likeness (QED) is 0.338. The first-order chi connectivity index (χ1) is 13.0. The summed E-state index contributed by atoms with van der Waals surface area (Å²) in [7, 11) is 1.59. The number of halogens is 1. The smallest absolute Gasteiger partial charge is 0.271 e. The molecular formula is C21H20IN3O2. The highest BCUT2D eigenvalue weighted by Crippen LogP contribution is 2.23. The number of carbonyl (C=O) groups excluding carboxylic acids is 1. The second-order valence-electron chi connectivity index (χ2n) is 6.04. The van der Waals surface area contributed by atoms with E-state index in [4.69, 9.17) is 4.74 Å². The van der Waals surface area contributed by atoms with Crippen molar-refractivity contribution in [3.05, 3.63) is 80.7 Å². The maximum Gasteiger partial charge on any atom is 0.271 e. The molecule has 1 aromatic heterocycles. The van der Waals surface area contributed by atoms with Gasteiger partial charge >= 0.3 is 0 Å². The van der Waals surface area contributed by atoms with E-state index in [0.29, 0.717) is 11.3 Å². The molecule has 27 heavy (non-hydrogen) atoms. The second-order valence-corrected chi connectivity index (χ2v) is 7.20. The summed E-state index contributed by atoms with van der Waals surface area (Å²) >= 11 is 2.33. The summed E-state index contributed by atoms with van der Waals surface area (Å²) in [4.78, 5) is 12.2. The Kier molecular flexibility index (Phi) is 5.95. The van der Waals surface area contributed by atoms with Gasteiger partial charge in [-0.3, -0.25) is 4.79 Å². The van der Waals surface area contributed by atoms with E-state index in [9.17, 15) is 4.79 Å². The molecule has 1 N–H and O–H groups in total. The van der Waals surface area contributed by atoms with Crippen molar-refractivity contribution < 1.29 is 9.53 Å². The van der Waals surface area contributed by atoms with E-state index in [1.165, 1.54) is 3.57 Å². The van der Waals surface area contributed by atoms with Gasteiger partial charge in [-0.1, -0.05) is 12.1 Å². The van der Waals surface area contributed by atoms with E-state index in [2.05, 4.69) is 62.8 Å². The number of benzene rings is 2. The number of hydrogen-bond acceptors (Lipinski definition) is 3. The van der Waals surface area contributed by atoms with Crippen molar-refractivity contribution in [2.45, 2.75) is 13.8 Å². The van der Waals surface area contributed by atoms with Crippen molar-refractivity contribution in [2.24, 2.45) is 5.10 Å². The van der Waals surface area contributed by atoms with E-state index < -0.39 is 0 Å². The number of amides is 1. The Bertz CT molecular complexity index is 991. The molecule has 0 spiro atoms. The van der Waals surface area contributed by atoms with Gasteiger partial charge in [0.05, 0.1) is 19.0 Å². The van der Waals surface area contributed by atoms with Crippen LogP contribution in [0.2, 0.25) is 0 Å². The fourth-order valence-electron chi connectivity index (χ4n) is 2.89. The van der Waals surface area contributed by atoms with Gasteiger partial charge in [-0.05, 0) is 78.9 Å². The number of para-hydroxylation sites is 1. The topological polar surface area (TPSA) is 55.6 Å². The monoisotopic (exact) mass is 473 g/mol. The Balaban J connectivity index is 1.77. The molecule has 1 amide bonds. The number of nitrogens with one attached hydrogen (secondary N) is 1. The molecule has 0 radical (unpaired) electrons. The van der Waals surface area contributed by atoms with Crippen LogP contribution in [0.15, 0.2) is 59.7 Å². The lowest BCUT2D eigenvalue weighted by Gasteiger charge is -2.11. The fourth-order valence-corrected chi connectivity index (χ4v) is 3.52. The Hall–Kier alpha value is -2.61. The fraction of sp³-hybridized carbons (Fsp3) is 0.143. The summed E-state index contributed by atoms with van der Waals surface area (Å²) in [6, 6.07) is 17.2. The highest BCUT2D eigenvalue weighted by atomic mass is 127. The Labute approximate surface area is 172 Å². The second kappa shape index (κ2) is 8.39. The highest BCUT2D eigenvalue weighted by molar-refractivity contribution is 14.1. The van der Waals surface area contributed by atoms with Gasteiger partial charge in [0, 0.05) is 26.1 Å². The molecule has 0 saturated carbocycles. The zero-order valence-electron chi connectivity index (χ0n) is 15.4. The van der Waals surface area contributed by atoms with Crippen LogP contribution in [-0.4, -0.2) is 23.8 Å². The Morgan fingerprint density at radius 1 is 1.15 bits per heavy atom. The third-order valence-electron chi connectivity index (χ3n) is 4.29. The van der Waals surface area contributed by atoms with Crippen LogP contribution >= 0.6 is 22.6 Å². The van der Waals surface area contributed by atoms with Crippen molar-refractivity contribution in [3.63, 3.8) is 0 Å². The van der Waals surface area contributed by atoms with Gasteiger partial charge < -0.3 is 9.30 Å². The van der Waals surface area contributed by atoms with Gasteiger partial charge in [-0.15, -0.1) is 0 Å². The minimum atomic E-state index is -0.264. The Morgan fingerprint density at radius 3 is 2.52 bits per heavy atom. The zero-order valence-corrected chi connectivity index (χ0v) is 17.5. The molecular weight excluding hydrogens is 453 g/mol. The number of carbonyl (C=O) groups is 1. The predicted molar refractivity (Wildman–Crippen MR) is 116 cm³/mol. The van der Waals surface area contributed by atoms with Gasteiger partial charge in [0.25, 0.3) is 5.91 Å². The lowest BCUT2D eigenvalue weighted by Crippen LogP contribution is -2.17. The highest BCUT2D eigenvalue weighted by Gasteiger charge is 2.11. The van der Waals surface area contributed by atoms with Crippen molar-refractivity contribution in [3.8, 4) is 11.4 Å². The third kappa shape index (κ3) is 4.21. The average molecular weight is 473 g/mol. The summed E-state index contributed by atoms with van der Waals surface area (Å²) in [5.41, 5.74) is 7.37. The minimum absolute atomic E-state index is 0.264. The lowest BCUT2D eigenvalue weighted by atomic mass is 10.2. The molecule has 5 nitrogen and oxygen atoms in total. The molecule has 0 atom stereocenters. The number of hydrazone groups is 1. The summed E-state index contributed by atoms with van der Waals surface area (Å²) in [6.07, 6.45) is 1.68. The van der Waals surface area contributed by atoms with Gasteiger partial charge in [0.2, 0.25) is 0 Å². The van der Waals surface area contributed by atoms with E-state index >= 15 is 0 Å². The van der Waals surface area contributed by atoms with E-state index in [1.807, 2.05) is 19.1 Å². The summed E-state index contributed by atoms with van der Waals surface area (Å²) in [6.45, 7) is 4.10. The maximum absolute atomic E-state index is 12.2.